The first kappa shape index (κ1) is 15.7. The first-order valence-corrected chi connectivity index (χ1v) is 8.00. The lowest BCUT2D eigenvalue weighted by atomic mass is 10.1. The van der Waals surface area contributed by atoms with E-state index < -0.39 is 13.3 Å². The zero-order valence-corrected chi connectivity index (χ0v) is 12.8. The molecule has 0 N–H and O–H groups in total. The van der Waals surface area contributed by atoms with E-state index in [0.717, 1.165) is 5.56 Å². The normalized spacial score (nSPS) is 13.0. The Morgan fingerprint density at radius 2 is 1.67 bits per heavy atom. The van der Waals surface area contributed by atoms with Crippen LogP contribution >= 0.6 is 7.60 Å². The number of hydrogen-bond donors (Lipinski definition) is 0. The molecule has 0 bridgehead atoms. The second-order valence-corrected chi connectivity index (χ2v) is 6.72. The van der Waals surface area contributed by atoms with Crippen LogP contribution in [0.4, 0.5) is 0 Å². The first-order chi connectivity index (χ1) is 10.1. The van der Waals surface area contributed by atoms with Gasteiger partial charge in [-0.3, -0.25) is 13.9 Å². The van der Waals surface area contributed by atoms with Gasteiger partial charge in [0.2, 0.25) is 5.91 Å². The van der Waals surface area contributed by atoms with Gasteiger partial charge >= 0.3 is 7.60 Å². The maximum Gasteiger partial charge on any atom is 0.343 e. The molecule has 111 valence electrons. The maximum absolute atomic E-state index is 12.7. The fraction of sp³-hybridized carbons (Fsp3) is 0.200. The summed E-state index contributed by atoms with van der Waals surface area (Å²) < 4.78 is 24.1. The van der Waals surface area contributed by atoms with Crippen LogP contribution in [0.25, 0.3) is 0 Å². The largest absolute Gasteiger partial charge is 0.343 e. The summed E-state index contributed by atoms with van der Waals surface area (Å²) in [6, 6.07) is 12.6. The zero-order valence-electron chi connectivity index (χ0n) is 11.9. The topological polar surface area (TPSA) is 57.5 Å². The molecule has 0 spiro atoms. The van der Waals surface area contributed by atoms with Crippen molar-refractivity contribution in [2.45, 2.75) is 5.66 Å². The molecule has 0 fully saturated rings. The van der Waals surface area contributed by atoms with Crippen molar-refractivity contribution < 1.29 is 18.4 Å². The molecular weight excluding hydrogens is 289 g/mol. The molecule has 0 aliphatic heterocycles. The highest BCUT2D eigenvalue weighted by Crippen LogP contribution is 2.53. The molecule has 0 saturated carbocycles. The van der Waals surface area contributed by atoms with Crippen molar-refractivity contribution in [3.05, 3.63) is 66.8 Å². The Morgan fingerprint density at radius 1 is 1.10 bits per heavy atom. The van der Waals surface area contributed by atoms with Gasteiger partial charge in [0.05, 0.1) is 0 Å². The third kappa shape index (κ3) is 3.50. The molecule has 21 heavy (non-hydrogen) atoms. The van der Waals surface area contributed by atoms with Gasteiger partial charge in [0.15, 0.2) is 0 Å². The summed E-state index contributed by atoms with van der Waals surface area (Å²) in [6.45, 7) is 0. The van der Waals surface area contributed by atoms with Crippen LogP contribution < -0.4 is 0 Å². The van der Waals surface area contributed by atoms with E-state index in [-0.39, 0.29) is 5.91 Å². The van der Waals surface area contributed by atoms with Gasteiger partial charge in [-0.2, -0.15) is 0 Å². The summed E-state index contributed by atoms with van der Waals surface area (Å²) in [5.41, 5.74) is -0.236. The number of nitrogens with zero attached hydrogens (tertiary/aromatic N) is 1. The van der Waals surface area contributed by atoms with E-state index >= 15 is 0 Å². The lowest BCUT2D eigenvalue weighted by Crippen LogP contribution is -2.28. The predicted octanol–water partition coefficient (Wildman–Crippen LogP) is 3.24. The summed E-state index contributed by atoms with van der Waals surface area (Å²) in [4.78, 5) is 12.6. The predicted molar refractivity (Wildman–Crippen MR) is 80.3 cm³/mol. The molecular formula is C15H17NO4P. The fourth-order valence-corrected chi connectivity index (χ4v) is 3.34. The first-order valence-electron chi connectivity index (χ1n) is 6.39. The van der Waals surface area contributed by atoms with E-state index in [1.807, 2.05) is 30.3 Å². The Bertz CT molecular complexity index is 616. The lowest BCUT2D eigenvalue weighted by Gasteiger charge is -2.23. The van der Waals surface area contributed by atoms with Crippen molar-refractivity contribution >= 4 is 13.5 Å². The van der Waals surface area contributed by atoms with Gasteiger partial charge in [0.25, 0.3) is 0 Å². The van der Waals surface area contributed by atoms with E-state index in [1.165, 1.54) is 18.8 Å². The van der Waals surface area contributed by atoms with Crippen LogP contribution in [-0.2, 0) is 13.6 Å². The number of carbonyl (C=O) groups is 1. The van der Waals surface area contributed by atoms with Gasteiger partial charge in [0, 0.05) is 33.0 Å². The smallest absolute Gasteiger partial charge is 0.311 e. The van der Waals surface area contributed by atoms with E-state index in [4.69, 9.17) is 9.05 Å². The summed E-state index contributed by atoms with van der Waals surface area (Å²) in [5.74, 6) is -0.365. The Hall–Kier alpha value is -1.68. The van der Waals surface area contributed by atoms with Crippen molar-refractivity contribution in [3.63, 3.8) is 0 Å². The van der Waals surface area contributed by atoms with Crippen LogP contribution in [0.1, 0.15) is 10.4 Å². The Balaban J connectivity index is 2.35. The summed E-state index contributed by atoms with van der Waals surface area (Å²) in [5, 5.41) is 0. The van der Waals surface area contributed by atoms with Crippen molar-refractivity contribution in [2.75, 3.05) is 14.2 Å². The molecule has 1 atom stereocenters. The second-order valence-electron chi connectivity index (χ2n) is 4.36. The van der Waals surface area contributed by atoms with Gasteiger partial charge in [-0.05, 0) is 17.7 Å². The van der Waals surface area contributed by atoms with Crippen LogP contribution in [0.2, 0.25) is 0 Å². The van der Waals surface area contributed by atoms with Crippen molar-refractivity contribution in [1.82, 2.24) is 4.57 Å². The van der Waals surface area contributed by atoms with Gasteiger partial charge in [-0.25, -0.2) is 0 Å². The molecule has 5 nitrogen and oxygen atoms in total. The Labute approximate surface area is 124 Å². The number of carbonyl (C=O) groups excluding carboxylic acids is 1. The molecule has 6 heteroatoms. The van der Waals surface area contributed by atoms with Crippen molar-refractivity contribution in [2.24, 2.45) is 0 Å². The summed E-state index contributed by atoms with van der Waals surface area (Å²) in [7, 11) is -1.03. The minimum atomic E-state index is -3.58. The molecule has 1 radical (unpaired) electrons. The van der Waals surface area contributed by atoms with Gasteiger partial charge in [-0.15, -0.1) is 0 Å². The van der Waals surface area contributed by atoms with Crippen LogP contribution in [0, 0.1) is 6.42 Å². The quantitative estimate of drug-likeness (QED) is 0.769. The summed E-state index contributed by atoms with van der Waals surface area (Å²) in [6.07, 6.45) is 4.81. The minimum absolute atomic E-state index is 0.365. The maximum atomic E-state index is 12.7. The third-order valence-electron chi connectivity index (χ3n) is 3.11. The van der Waals surface area contributed by atoms with Crippen LogP contribution in [0.3, 0.4) is 0 Å². The fourth-order valence-electron chi connectivity index (χ4n) is 1.98. The highest BCUT2D eigenvalue weighted by molar-refractivity contribution is 7.56. The Morgan fingerprint density at radius 3 is 2.19 bits per heavy atom. The monoisotopic (exact) mass is 306 g/mol. The molecule has 0 aliphatic carbocycles. The van der Waals surface area contributed by atoms with Crippen molar-refractivity contribution in [3.8, 4) is 0 Å². The molecule has 0 aliphatic rings. The second kappa shape index (κ2) is 6.85. The van der Waals surface area contributed by atoms with Crippen molar-refractivity contribution in [1.29, 1.82) is 0 Å². The SMILES string of the molecule is COP(=O)(OC)C([CH]c1ccccc1)C(=O)n1cccc1. The van der Waals surface area contributed by atoms with E-state index in [2.05, 4.69) is 0 Å². The Kier molecular flexibility index (Phi) is 5.12. The van der Waals surface area contributed by atoms with E-state index in [1.54, 1.807) is 30.9 Å². The third-order valence-corrected chi connectivity index (χ3v) is 5.18. The summed E-state index contributed by atoms with van der Waals surface area (Å²) >= 11 is 0. The highest BCUT2D eigenvalue weighted by atomic mass is 31.2. The minimum Gasteiger partial charge on any atom is -0.311 e. The van der Waals surface area contributed by atoms with Gasteiger partial charge < -0.3 is 9.05 Å². The molecule has 1 aromatic heterocycles. The van der Waals surface area contributed by atoms with E-state index in [9.17, 15) is 9.36 Å². The standard InChI is InChI=1S/C15H17NO4P/c1-19-21(18,20-2)14(12-13-8-4-3-5-9-13)15(17)16-10-6-7-11-16/h3-12,14H,1-2H3. The number of hydrogen-bond acceptors (Lipinski definition) is 4. The molecule has 1 heterocycles. The van der Waals surface area contributed by atoms with Crippen LogP contribution in [0.15, 0.2) is 54.9 Å². The van der Waals surface area contributed by atoms with Gasteiger partial charge in [0.1, 0.15) is 5.66 Å². The zero-order chi connectivity index (χ0) is 15.3. The molecule has 2 rings (SSSR count). The number of rotatable bonds is 6. The van der Waals surface area contributed by atoms with E-state index in [0.29, 0.717) is 0 Å². The average molecular weight is 306 g/mol. The lowest BCUT2D eigenvalue weighted by molar-refractivity contribution is 0.0904. The number of aromatic nitrogens is 1. The van der Waals surface area contributed by atoms with Crippen LogP contribution in [-0.4, -0.2) is 30.4 Å². The molecule has 0 saturated heterocycles. The average Bonchev–Trinajstić information content (AvgIpc) is 3.06. The number of benzene rings is 1. The molecule has 1 aromatic carbocycles. The highest BCUT2D eigenvalue weighted by Gasteiger charge is 2.40. The van der Waals surface area contributed by atoms with Crippen LogP contribution in [0.5, 0.6) is 0 Å². The molecule has 1 unspecified atom stereocenters. The molecule has 2 aromatic rings. The van der Waals surface area contributed by atoms with Gasteiger partial charge in [-0.1, -0.05) is 30.3 Å². The molecule has 0 amide bonds.